The van der Waals surface area contributed by atoms with Crippen molar-refractivity contribution in [2.45, 2.75) is 71.8 Å². The zero-order valence-electron chi connectivity index (χ0n) is 14.6. The molecule has 4 unspecified atom stereocenters. The predicted molar refractivity (Wildman–Crippen MR) is 95.4 cm³/mol. The molecule has 1 amide bonds. The smallest absolute Gasteiger partial charge is 0.223 e. The Morgan fingerprint density at radius 3 is 2.73 bits per heavy atom. The molecule has 2 saturated heterocycles. The van der Waals surface area contributed by atoms with Crippen LogP contribution in [0.25, 0.3) is 0 Å². The van der Waals surface area contributed by atoms with Gasteiger partial charge in [-0.05, 0) is 62.9 Å². The number of amides is 1. The number of piperidine rings is 2. The summed E-state index contributed by atoms with van der Waals surface area (Å²) in [4.78, 5) is 15.0. The third kappa shape index (κ3) is 5.13. The summed E-state index contributed by atoms with van der Waals surface area (Å²) in [5.74, 6) is 2.30. The van der Waals surface area contributed by atoms with Crippen molar-refractivity contribution in [3.8, 4) is 0 Å². The number of likely N-dealkylation sites (tertiary alicyclic amines) is 1. The molecule has 0 aromatic heterocycles. The van der Waals surface area contributed by atoms with Crippen LogP contribution in [0.15, 0.2) is 0 Å². The van der Waals surface area contributed by atoms with Gasteiger partial charge < -0.3 is 10.2 Å². The van der Waals surface area contributed by atoms with Crippen LogP contribution in [0, 0.1) is 17.8 Å². The second kappa shape index (κ2) is 9.77. The highest BCUT2D eigenvalue weighted by Gasteiger charge is 2.32. The van der Waals surface area contributed by atoms with Gasteiger partial charge in [0.2, 0.25) is 5.91 Å². The first kappa shape index (κ1) is 19.8. The van der Waals surface area contributed by atoms with Gasteiger partial charge in [-0.25, -0.2) is 0 Å². The minimum Gasteiger partial charge on any atom is -0.339 e. The Balaban J connectivity index is 0.00000242. The summed E-state index contributed by atoms with van der Waals surface area (Å²) >= 11 is 0. The highest BCUT2D eigenvalue weighted by molar-refractivity contribution is 5.85. The summed E-state index contributed by atoms with van der Waals surface area (Å²) in [5.41, 5.74) is 0. The molecule has 0 aliphatic carbocycles. The van der Waals surface area contributed by atoms with E-state index < -0.39 is 0 Å². The van der Waals surface area contributed by atoms with E-state index in [4.69, 9.17) is 0 Å². The van der Waals surface area contributed by atoms with Crippen LogP contribution in [0.1, 0.15) is 65.7 Å². The highest BCUT2D eigenvalue weighted by atomic mass is 35.5. The Morgan fingerprint density at radius 2 is 2.09 bits per heavy atom. The molecule has 1 N–H and O–H groups in total. The molecule has 130 valence electrons. The molecular formula is C18H35ClN2O. The van der Waals surface area contributed by atoms with Gasteiger partial charge in [-0.2, -0.15) is 0 Å². The predicted octanol–water partition coefficient (Wildman–Crippen LogP) is 3.86. The van der Waals surface area contributed by atoms with E-state index in [0.717, 1.165) is 26.1 Å². The van der Waals surface area contributed by atoms with Gasteiger partial charge in [0.15, 0.2) is 0 Å². The molecule has 2 fully saturated rings. The first-order valence-electron chi connectivity index (χ1n) is 9.13. The lowest BCUT2D eigenvalue weighted by Gasteiger charge is -2.41. The van der Waals surface area contributed by atoms with Gasteiger partial charge in [-0.1, -0.05) is 27.2 Å². The summed E-state index contributed by atoms with van der Waals surface area (Å²) in [7, 11) is 0. The monoisotopic (exact) mass is 330 g/mol. The van der Waals surface area contributed by atoms with Crippen LogP contribution in [0.2, 0.25) is 0 Å². The van der Waals surface area contributed by atoms with Gasteiger partial charge in [0.05, 0.1) is 0 Å². The second-order valence-corrected chi connectivity index (χ2v) is 7.35. The van der Waals surface area contributed by atoms with Crippen molar-refractivity contribution in [1.29, 1.82) is 0 Å². The molecule has 0 spiro atoms. The van der Waals surface area contributed by atoms with Crippen molar-refractivity contribution in [2.75, 3.05) is 19.6 Å². The molecule has 2 aliphatic rings. The van der Waals surface area contributed by atoms with E-state index in [1.54, 1.807) is 0 Å². The quantitative estimate of drug-likeness (QED) is 0.830. The maximum absolute atomic E-state index is 12.8. The largest absolute Gasteiger partial charge is 0.339 e. The lowest BCUT2D eigenvalue weighted by atomic mass is 9.83. The number of carbonyl (C=O) groups excluding carboxylic acids is 1. The Morgan fingerprint density at radius 1 is 1.32 bits per heavy atom. The molecule has 0 aromatic carbocycles. The van der Waals surface area contributed by atoms with Crippen molar-refractivity contribution in [1.82, 2.24) is 10.2 Å². The van der Waals surface area contributed by atoms with E-state index in [0.29, 0.717) is 29.7 Å². The van der Waals surface area contributed by atoms with Crippen molar-refractivity contribution in [3.05, 3.63) is 0 Å². The minimum atomic E-state index is 0. The highest BCUT2D eigenvalue weighted by Crippen LogP contribution is 2.29. The maximum atomic E-state index is 12.8. The van der Waals surface area contributed by atoms with Crippen LogP contribution in [0.3, 0.4) is 0 Å². The zero-order chi connectivity index (χ0) is 15.2. The average Bonchev–Trinajstić information content (AvgIpc) is 2.50. The van der Waals surface area contributed by atoms with Crippen LogP contribution >= 0.6 is 12.4 Å². The van der Waals surface area contributed by atoms with E-state index >= 15 is 0 Å². The number of hydrogen-bond acceptors (Lipinski definition) is 2. The second-order valence-electron chi connectivity index (χ2n) is 7.35. The van der Waals surface area contributed by atoms with Crippen LogP contribution in [-0.4, -0.2) is 36.5 Å². The molecule has 0 radical (unpaired) electrons. The SMILES string of the molecule is CCCC1C(C)CCCN1C(=O)CC(C)C1CCCNC1.Cl. The molecular weight excluding hydrogens is 296 g/mol. The number of nitrogens with zero attached hydrogens (tertiary/aromatic N) is 1. The molecule has 3 nitrogen and oxygen atoms in total. The number of halogens is 1. The molecule has 4 atom stereocenters. The number of rotatable bonds is 5. The minimum absolute atomic E-state index is 0. The number of hydrogen-bond donors (Lipinski definition) is 1. The molecule has 0 aromatic rings. The molecule has 2 aliphatic heterocycles. The van der Waals surface area contributed by atoms with E-state index in [-0.39, 0.29) is 12.4 Å². The Kier molecular flexibility index (Phi) is 8.78. The Labute approximate surface area is 143 Å². The van der Waals surface area contributed by atoms with E-state index in [2.05, 4.69) is 31.0 Å². The third-order valence-corrected chi connectivity index (χ3v) is 5.66. The standard InChI is InChI=1S/C18H34N2O.ClH/c1-4-7-17-14(2)8-6-11-20(17)18(21)12-15(3)16-9-5-10-19-13-16;/h14-17,19H,4-13H2,1-3H3;1H. The molecule has 4 heteroatoms. The van der Waals surface area contributed by atoms with Crippen LogP contribution in [0.4, 0.5) is 0 Å². The van der Waals surface area contributed by atoms with Crippen LogP contribution < -0.4 is 5.32 Å². The normalized spacial score (nSPS) is 30.5. The Hall–Kier alpha value is -0.280. The van der Waals surface area contributed by atoms with Crippen LogP contribution in [-0.2, 0) is 4.79 Å². The van der Waals surface area contributed by atoms with Crippen LogP contribution in [0.5, 0.6) is 0 Å². The first-order chi connectivity index (χ1) is 10.1. The fourth-order valence-electron chi connectivity index (χ4n) is 4.22. The summed E-state index contributed by atoms with van der Waals surface area (Å²) in [5, 5.41) is 3.48. The molecule has 2 rings (SSSR count). The molecule has 0 saturated carbocycles. The zero-order valence-corrected chi connectivity index (χ0v) is 15.5. The van der Waals surface area contributed by atoms with E-state index in [9.17, 15) is 4.79 Å². The number of nitrogens with one attached hydrogen (secondary N) is 1. The fourth-order valence-corrected chi connectivity index (χ4v) is 4.22. The Bertz CT molecular complexity index is 331. The van der Waals surface area contributed by atoms with Crippen molar-refractivity contribution in [3.63, 3.8) is 0 Å². The van der Waals surface area contributed by atoms with Gasteiger partial charge >= 0.3 is 0 Å². The topological polar surface area (TPSA) is 32.3 Å². The molecule has 22 heavy (non-hydrogen) atoms. The van der Waals surface area contributed by atoms with Gasteiger partial charge in [-0.15, -0.1) is 12.4 Å². The van der Waals surface area contributed by atoms with Crippen molar-refractivity contribution in [2.24, 2.45) is 17.8 Å². The number of carbonyl (C=O) groups is 1. The summed E-state index contributed by atoms with van der Waals surface area (Å²) < 4.78 is 0. The maximum Gasteiger partial charge on any atom is 0.223 e. The van der Waals surface area contributed by atoms with Crippen molar-refractivity contribution >= 4 is 18.3 Å². The van der Waals surface area contributed by atoms with Crippen molar-refractivity contribution < 1.29 is 4.79 Å². The fraction of sp³-hybridized carbons (Fsp3) is 0.944. The molecule has 0 bridgehead atoms. The summed E-state index contributed by atoms with van der Waals surface area (Å²) in [6, 6.07) is 0.493. The van der Waals surface area contributed by atoms with E-state index in [1.165, 1.54) is 38.5 Å². The lowest BCUT2D eigenvalue weighted by molar-refractivity contribution is -0.137. The average molecular weight is 331 g/mol. The van der Waals surface area contributed by atoms with E-state index in [1.807, 2.05) is 0 Å². The van der Waals surface area contributed by atoms with Gasteiger partial charge in [0, 0.05) is 19.0 Å². The van der Waals surface area contributed by atoms with Gasteiger partial charge in [0.1, 0.15) is 0 Å². The third-order valence-electron chi connectivity index (χ3n) is 5.66. The molecule has 2 heterocycles. The summed E-state index contributed by atoms with van der Waals surface area (Å²) in [6.07, 6.45) is 8.13. The lowest BCUT2D eigenvalue weighted by Crippen LogP contribution is -2.48. The summed E-state index contributed by atoms with van der Waals surface area (Å²) in [6.45, 7) is 10.1. The van der Waals surface area contributed by atoms with Gasteiger partial charge in [0.25, 0.3) is 0 Å². The van der Waals surface area contributed by atoms with Gasteiger partial charge in [-0.3, -0.25) is 4.79 Å². The first-order valence-corrected chi connectivity index (χ1v) is 9.13.